The molecule has 0 fully saturated rings. The molecule has 1 unspecified atom stereocenters. The van der Waals surface area contributed by atoms with Crippen LogP contribution in [0.4, 0.5) is 4.39 Å². The highest BCUT2D eigenvalue weighted by Crippen LogP contribution is 2.38. The minimum Gasteiger partial charge on any atom is -0.493 e. The van der Waals surface area contributed by atoms with Crippen LogP contribution in [0.5, 0.6) is 17.2 Å². The van der Waals surface area contributed by atoms with E-state index in [1.807, 2.05) is 25.1 Å². The second-order valence-electron chi connectivity index (χ2n) is 6.57. The van der Waals surface area contributed by atoms with Crippen LogP contribution in [0.1, 0.15) is 17.2 Å². The predicted octanol–water partition coefficient (Wildman–Crippen LogP) is 3.28. The Hall–Kier alpha value is -3.06. The molecule has 0 saturated heterocycles. The van der Waals surface area contributed by atoms with E-state index in [9.17, 15) is 9.18 Å². The average molecular weight is 402 g/mol. The van der Waals surface area contributed by atoms with Crippen molar-refractivity contribution in [3.63, 3.8) is 0 Å². The Bertz CT molecular complexity index is 843. The van der Waals surface area contributed by atoms with Gasteiger partial charge in [0.05, 0.1) is 27.4 Å². The number of hydrogen-bond donors (Lipinski definition) is 1. The van der Waals surface area contributed by atoms with Gasteiger partial charge in [0.2, 0.25) is 11.7 Å². The van der Waals surface area contributed by atoms with Gasteiger partial charge in [-0.1, -0.05) is 12.1 Å². The summed E-state index contributed by atoms with van der Waals surface area (Å²) in [6.07, 6.45) is 3.09. The molecule has 1 atom stereocenters. The molecule has 29 heavy (non-hydrogen) atoms. The minimum absolute atomic E-state index is 0.149. The van der Waals surface area contributed by atoms with Gasteiger partial charge in [-0.05, 0) is 55.6 Å². The quantitative estimate of drug-likeness (QED) is 0.653. The normalized spacial score (nSPS) is 12.1. The number of benzene rings is 2. The Morgan fingerprint density at radius 3 is 2.28 bits per heavy atom. The zero-order valence-corrected chi connectivity index (χ0v) is 17.4. The van der Waals surface area contributed by atoms with Gasteiger partial charge in [-0.15, -0.1) is 0 Å². The largest absolute Gasteiger partial charge is 0.493 e. The molecule has 0 radical (unpaired) electrons. The number of rotatable bonds is 9. The number of amides is 1. The molecule has 156 valence electrons. The van der Waals surface area contributed by atoms with Crippen molar-refractivity contribution in [3.8, 4) is 17.2 Å². The summed E-state index contributed by atoms with van der Waals surface area (Å²) in [5.41, 5.74) is 1.52. The van der Waals surface area contributed by atoms with Crippen molar-refractivity contribution in [3.05, 3.63) is 59.4 Å². The van der Waals surface area contributed by atoms with Gasteiger partial charge in [0.25, 0.3) is 0 Å². The van der Waals surface area contributed by atoms with Crippen molar-refractivity contribution in [2.75, 3.05) is 42.0 Å². The second kappa shape index (κ2) is 10.5. The highest BCUT2D eigenvalue weighted by molar-refractivity contribution is 5.92. The van der Waals surface area contributed by atoms with Gasteiger partial charge in [-0.25, -0.2) is 4.39 Å². The van der Waals surface area contributed by atoms with E-state index in [1.165, 1.54) is 39.5 Å². The second-order valence-corrected chi connectivity index (χ2v) is 6.57. The Morgan fingerprint density at radius 1 is 1.10 bits per heavy atom. The number of ether oxygens (including phenoxy) is 3. The number of hydrogen-bond acceptors (Lipinski definition) is 5. The van der Waals surface area contributed by atoms with Crippen LogP contribution in [0.2, 0.25) is 0 Å². The van der Waals surface area contributed by atoms with Gasteiger partial charge < -0.3 is 24.4 Å². The third-order valence-electron chi connectivity index (χ3n) is 4.44. The van der Waals surface area contributed by atoms with Crippen molar-refractivity contribution in [1.82, 2.24) is 10.2 Å². The third kappa shape index (κ3) is 5.96. The van der Waals surface area contributed by atoms with E-state index >= 15 is 0 Å². The number of likely N-dealkylation sites (N-methyl/N-ethyl adjacent to an activating group) is 1. The molecule has 0 saturated carbocycles. The molecule has 0 aliphatic carbocycles. The first kappa shape index (κ1) is 22.2. The zero-order valence-electron chi connectivity index (χ0n) is 17.4. The summed E-state index contributed by atoms with van der Waals surface area (Å²) in [4.78, 5) is 14.2. The van der Waals surface area contributed by atoms with Crippen molar-refractivity contribution < 1.29 is 23.4 Å². The van der Waals surface area contributed by atoms with Gasteiger partial charge in [0, 0.05) is 12.6 Å². The summed E-state index contributed by atoms with van der Waals surface area (Å²) in [7, 11) is 8.36. The van der Waals surface area contributed by atoms with Crippen molar-refractivity contribution in [2.45, 2.75) is 6.04 Å². The van der Waals surface area contributed by atoms with Crippen LogP contribution in [0, 0.1) is 5.82 Å². The van der Waals surface area contributed by atoms with Crippen molar-refractivity contribution in [2.24, 2.45) is 0 Å². The first-order chi connectivity index (χ1) is 13.9. The summed E-state index contributed by atoms with van der Waals surface area (Å²) < 4.78 is 29.5. The Balaban J connectivity index is 2.09. The molecule has 2 aromatic carbocycles. The van der Waals surface area contributed by atoms with Crippen LogP contribution in [-0.2, 0) is 4.79 Å². The molecule has 2 aromatic rings. The van der Waals surface area contributed by atoms with Gasteiger partial charge in [0.1, 0.15) is 5.82 Å². The molecular formula is C22H27FN2O4. The zero-order chi connectivity index (χ0) is 21.4. The molecule has 1 N–H and O–H groups in total. The summed E-state index contributed by atoms with van der Waals surface area (Å²) in [5.74, 6) is 0.932. The number of methoxy groups -OCH3 is 3. The van der Waals surface area contributed by atoms with Crippen LogP contribution < -0.4 is 19.5 Å². The molecule has 0 heterocycles. The molecule has 0 bridgehead atoms. The van der Waals surface area contributed by atoms with E-state index in [2.05, 4.69) is 5.32 Å². The van der Waals surface area contributed by atoms with E-state index in [-0.39, 0.29) is 17.8 Å². The highest BCUT2D eigenvalue weighted by Gasteiger charge is 2.16. The number of nitrogens with one attached hydrogen (secondary N) is 1. The lowest BCUT2D eigenvalue weighted by atomic mass is 10.1. The van der Waals surface area contributed by atoms with Crippen molar-refractivity contribution >= 4 is 12.0 Å². The molecule has 0 spiro atoms. The number of nitrogens with zero attached hydrogens (tertiary/aromatic N) is 1. The Labute approximate surface area is 170 Å². The lowest BCUT2D eigenvalue weighted by Crippen LogP contribution is -2.33. The van der Waals surface area contributed by atoms with E-state index in [0.29, 0.717) is 23.8 Å². The fourth-order valence-corrected chi connectivity index (χ4v) is 2.94. The molecular weight excluding hydrogens is 375 g/mol. The Morgan fingerprint density at radius 2 is 1.76 bits per heavy atom. The topological polar surface area (TPSA) is 60.0 Å². The maximum Gasteiger partial charge on any atom is 0.244 e. The number of halogens is 1. The maximum absolute atomic E-state index is 13.5. The van der Waals surface area contributed by atoms with Gasteiger partial charge in [-0.2, -0.15) is 0 Å². The van der Waals surface area contributed by atoms with E-state index < -0.39 is 0 Å². The van der Waals surface area contributed by atoms with Gasteiger partial charge in [0.15, 0.2) is 11.5 Å². The minimum atomic E-state index is -0.303. The van der Waals surface area contributed by atoms with Gasteiger partial charge in [-0.3, -0.25) is 4.79 Å². The van der Waals surface area contributed by atoms with Gasteiger partial charge >= 0.3 is 0 Å². The van der Waals surface area contributed by atoms with Crippen LogP contribution in [0.25, 0.3) is 6.08 Å². The molecule has 2 rings (SSSR count). The average Bonchev–Trinajstić information content (AvgIpc) is 2.71. The fourth-order valence-electron chi connectivity index (χ4n) is 2.94. The predicted molar refractivity (Wildman–Crippen MR) is 111 cm³/mol. The summed E-state index contributed by atoms with van der Waals surface area (Å²) in [5, 5.41) is 2.85. The van der Waals surface area contributed by atoms with Crippen molar-refractivity contribution in [1.29, 1.82) is 0 Å². The molecule has 0 aliphatic heterocycles. The van der Waals surface area contributed by atoms with Crippen LogP contribution >= 0.6 is 0 Å². The fraction of sp³-hybridized carbons (Fsp3) is 0.318. The number of carbonyl (C=O) groups excluding carboxylic acids is 1. The van der Waals surface area contributed by atoms with Crippen LogP contribution in [-0.4, -0.2) is 52.8 Å². The summed E-state index contributed by atoms with van der Waals surface area (Å²) >= 11 is 0. The molecule has 0 aliphatic rings. The maximum atomic E-state index is 13.5. The molecule has 7 heteroatoms. The first-order valence-corrected chi connectivity index (χ1v) is 9.07. The third-order valence-corrected chi connectivity index (χ3v) is 4.44. The lowest BCUT2D eigenvalue weighted by Gasteiger charge is -2.25. The molecule has 0 aromatic heterocycles. The lowest BCUT2D eigenvalue weighted by molar-refractivity contribution is -0.116. The van der Waals surface area contributed by atoms with E-state index in [0.717, 1.165) is 11.1 Å². The highest BCUT2D eigenvalue weighted by atomic mass is 19.1. The number of carbonyl (C=O) groups is 1. The summed E-state index contributed by atoms with van der Waals surface area (Å²) in [6.45, 7) is 0.342. The van der Waals surface area contributed by atoms with Crippen LogP contribution in [0.15, 0.2) is 42.5 Å². The SMILES string of the molecule is COc1cc(/C=C/C(=O)NCC(c2cccc(F)c2)N(C)C)cc(OC)c1OC. The van der Waals surface area contributed by atoms with E-state index in [1.54, 1.807) is 24.3 Å². The monoisotopic (exact) mass is 402 g/mol. The Kier molecular flexibility index (Phi) is 8.03. The smallest absolute Gasteiger partial charge is 0.244 e. The van der Waals surface area contributed by atoms with Crippen LogP contribution in [0.3, 0.4) is 0 Å². The standard InChI is InChI=1S/C22H27FN2O4/c1-25(2)18(16-7-6-8-17(23)13-16)14-24-21(26)10-9-15-11-19(27-3)22(29-5)20(12-15)28-4/h6-13,18H,14H2,1-5H3,(H,24,26)/b10-9+. The molecule has 1 amide bonds. The van der Waals surface area contributed by atoms with E-state index in [4.69, 9.17) is 14.2 Å². The first-order valence-electron chi connectivity index (χ1n) is 9.07. The summed E-state index contributed by atoms with van der Waals surface area (Å²) in [6, 6.07) is 9.72. The molecule has 6 nitrogen and oxygen atoms in total.